The van der Waals surface area contributed by atoms with Gasteiger partial charge in [0, 0.05) is 6.42 Å². The summed E-state index contributed by atoms with van der Waals surface area (Å²) in [6.07, 6.45) is 1.52. The number of carbonyl (C=O) groups excluding carboxylic acids is 1. The minimum absolute atomic E-state index is 0.0690. The molecule has 0 bridgehead atoms. The number of carboxylic acids is 1. The standard InChI is InChI=1S/C14H17FN2O3/c15-10-5-2-1-4-9(10)8-12(14(19)20)17-13(18)11-6-3-7-16-11/h1-2,4-5,11-12,16H,3,6-8H2,(H,17,18)(H,19,20)/t11-,12?/m0/s1. The molecule has 3 N–H and O–H groups in total. The summed E-state index contributed by atoms with van der Waals surface area (Å²) in [7, 11) is 0. The van der Waals surface area contributed by atoms with E-state index in [0.29, 0.717) is 6.42 Å². The number of carbonyl (C=O) groups is 2. The van der Waals surface area contributed by atoms with E-state index < -0.39 is 17.8 Å². The predicted octanol–water partition coefficient (Wildman–Crippen LogP) is 0.690. The molecule has 1 fully saturated rings. The molecule has 1 aliphatic rings. The maximum Gasteiger partial charge on any atom is 0.326 e. The number of nitrogens with one attached hydrogen (secondary N) is 2. The van der Waals surface area contributed by atoms with Gasteiger partial charge in [-0.15, -0.1) is 0 Å². The molecular formula is C14H17FN2O3. The van der Waals surface area contributed by atoms with Crippen LogP contribution in [0.2, 0.25) is 0 Å². The third-order valence-electron chi connectivity index (χ3n) is 3.37. The van der Waals surface area contributed by atoms with E-state index in [2.05, 4.69) is 10.6 Å². The number of amides is 1. The smallest absolute Gasteiger partial charge is 0.326 e. The van der Waals surface area contributed by atoms with Gasteiger partial charge in [0.05, 0.1) is 6.04 Å². The van der Waals surface area contributed by atoms with Crippen molar-refractivity contribution in [2.75, 3.05) is 6.54 Å². The summed E-state index contributed by atoms with van der Waals surface area (Å²) in [5.41, 5.74) is 0.277. The van der Waals surface area contributed by atoms with Gasteiger partial charge in [0.25, 0.3) is 0 Å². The second-order valence-corrected chi connectivity index (χ2v) is 4.84. The van der Waals surface area contributed by atoms with Crippen molar-refractivity contribution in [3.05, 3.63) is 35.6 Å². The number of aliphatic carboxylic acids is 1. The van der Waals surface area contributed by atoms with Crippen LogP contribution in [-0.2, 0) is 16.0 Å². The van der Waals surface area contributed by atoms with E-state index in [9.17, 15) is 14.0 Å². The van der Waals surface area contributed by atoms with E-state index in [0.717, 1.165) is 13.0 Å². The summed E-state index contributed by atoms with van der Waals surface area (Å²) in [5.74, 6) is -1.97. The molecule has 2 atom stereocenters. The molecule has 0 spiro atoms. The quantitative estimate of drug-likeness (QED) is 0.741. The van der Waals surface area contributed by atoms with E-state index in [4.69, 9.17) is 5.11 Å². The second-order valence-electron chi connectivity index (χ2n) is 4.84. The Morgan fingerprint density at radius 1 is 1.45 bits per heavy atom. The first-order valence-electron chi connectivity index (χ1n) is 6.58. The minimum Gasteiger partial charge on any atom is -0.480 e. The Bertz CT molecular complexity index is 501. The van der Waals surface area contributed by atoms with E-state index in [-0.39, 0.29) is 23.9 Å². The van der Waals surface area contributed by atoms with Gasteiger partial charge >= 0.3 is 5.97 Å². The van der Waals surface area contributed by atoms with Crippen molar-refractivity contribution in [2.24, 2.45) is 0 Å². The first-order valence-corrected chi connectivity index (χ1v) is 6.58. The topological polar surface area (TPSA) is 78.4 Å². The minimum atomic E-state index is -1.17. The molecule has 1 unspecified atom stereocenters. The number of rotatable bonds is 5. The van der Waals surface area contributed by atoms with Gasteiger partial charge in [0.2, 0.25) is 5.91 Å². The summed E-state index contributed by atoms with van der Waals surface area (Å²) >= 11 is 0. The Morgan fingerprint density at radius 3 is 2.80 bits per heavy atom. The first-order chi connectivity index (χ1) is 9.58. The molecule has 0 radical (unpaired) electrons. The van der Waals surface area contributed by atoms with Gasteiger partial charge < -0.3 is 15.7 Å². The van der Waals surface area contributed by atoms with Crippen molar-refractivity contribution in [1.82, 2.24) is 10.6 Å². The van der Waals surface area contributed by atoms with Gasteiger partial charge in [0.15, 0.2) is 0 Å². The molecule has 1 amide bonds. The Balaban J connectivity index is 2.02. The summed E-state index contributed by atoms with van der Waals surface area (Å²) in [6.45, 7) is 0.753. The highest BCUT2D eigenvalue weighted by Crippen LogP contribution is 2.10. The Labute approximate surface area is 116 Å². The van der Waals surface area contributed by atoms with Crippen molar-refractivity contribution in [3.63, 3.8) is 0 Å². The van der Waals surface area contributed by atoms with Crippen molar-refractivity contribution in [2.45, 2.75) is 31.3 Å². The van der Waals surface area contributed by atoms with Crippen LogP contribution >= 0.6 is 0 Å². The normalized spacial score (nSPS) is 19.6. The van der Waals surface area contributed by atoms with Gasteiger partial charge in [-0.25, -0.2) is 9.18 Å². The number of halogens is 1. The molecule has 1 aromatic carbocycles. The van der Waals surface area contributed by atoms with Crippen molar-refractivity contribution < 1.29 is 19.1 Å². The van der Waals surface area contributed by atoms with Crippen LogP contribution in [0.5, 0.6) is 0 Å². The Hall–Kier alpha value is -1.95. The lowest BCUT2D eigenvalue weighted by Gasteiger charge is -2.17. The van der Waals surface area contributed by atoms with Gasteiger partial charge in [-0.3, -0.25) is 4.79 Å². The van der Waals surface area contributed by atoms with E-state index in [1.165, 1.54) is 18.2 Å². The molecule has 1 heterocycles. The van der Waals surface area contributed by atoms with Gasteiger partial charge in [-0.05, 0) is 31.0 Å². The zero-order valence-electron chi connectivity index (χ0n) is 10.9. The number of hydrogen-bond acceptors (Lipinski definition) is 3. The van der Waals surface area contributed by atoms with Crippen LogP contribution < -0.4 is 10.6 Å². The van der Waals surface area contributed by atoms with E-state index in [1.807, 2.05) is 0 Å². The molecule has 5 nitrogen and oxygen atoms in total. The first kappa shape index (κ1) is 14.5. The SMILES string of the molecule is O=C(O)C(Cc1ccccc1F)NC(=O)[C@@H]1CCCN1. The van der Waals surface area contributed by atoms with Crippen molar-refractivity contribution in [3.8, 4) is 0 Å². The number of hydrogen-bond donors (Lipinski definition) is 3. The van der Waals surface area contributed by atoms with Crippen LogP contribution in [0.1, 0.15) is 18.4 Å². The molecular weight excluding hydrogens is 263 g/mol. The molecule has 2 rings (SSSR count). The second kappa shape index (κ2) is 6.47. The number of carboxylic acid groups (broad SMARTS) is 1. The third kappa shape index (κ3) is 3.54. The molecule has 20 heavy (non-hydrogen) atoms. The van der Waals surface area contributed by atoms with Crippen LogP contribution in [-0.4, -0.2) is 35.6 Å². The fourth-order valence-electron chi connectivity index (χ4n) is 2.26. The fraction of sp³-hybridized carbons (Fsp3) is 0.429. The highest BCUT2D eigenvalue weighted by Gasteiger charge is 2.27. The van der Waals surface area contributed by atoms with Crippen LogP contribution in [0.3, 0.4) is 0 Å². The summed E-state index contributed by atoms with van der Waals surface area (Å²) in [5, 5.41) is 14.6. The maximum atomic E-state index is 13.5. The lowest BCUT2D eigenvalue weighted by atomic mass is 10.0. The van der Waals surface area contributed by atoms with Gasteiger partial charge in [0.1, 0.15) is 11.9 Å². The number of benzene rings is 1. The van der Waals surface area contributed by atoms with Crippen LogP contribution in [0.4, 0.5) is 4.39 Å². The average Bonchev–Trinajstić information content (AvgIpc) is 2.94. The van der Waals surface area contributed by atoms with Crippen LogP contribution in [0, 0.1) is 5.82 Å². The van der Waals surface area contributed by atoms with Crippen LogP contribution in [0.25, 0.3) is 0 Å². The molecule has 0 saturated carbocycles. The van der Waals surface area contributed by atoms with E-state index in [1.54, 1.807) is 6.07 Å². The van der Waals surface area contributed by atoms with Gasteiger partial charge in [-0.2, -0.15) is 0 Å². The predicted molar refractivity (Wildman–Crippen MR) is 70.7 cm³/mol. The Kier molecular flexibility index (Phi) is 4.68. The monoisotopic (exact) mass is 280 g/mol. The molecule has 1 aromatic rings. The van der Waals surface area contributed by atoms with Crippen LogP contribution in [0.15, 0.2) is 24.3 Å². The van der Waals surface area contributed by atoms with Crippen molar-refractivity contribution in [1.29, 1.82) is 0 Å². The van der Waals surface area contributed by atoms with Gasteiger partial charge in [-0.1, -0.05) is 18.2 Å². The summed E-state index contributed by atoms with van der Waals surface area (Å²) in [6, 6.07) is 4.49. The lowest BCUT2D eigenvalue weighted by molar-refractivity contribution is -0.142. The Morgan fingerprint density at radius 2 is 2.20 bits per heavy atom. The highest BCUT2D eigenvalue weighted by molar-refractivity contribution is 5.87. The molecule has 1 saturated heterocycles. The highest BCUT2D eigenvalue weighted by atomic mass is 19.1. The fourth-order valence-corrected chi connectivity index (χ4v) is 2.26. The van der Waals surface area contributed by atoms with E-state index >= 15 is 0 Å². The molecule has 1 aliphatic heterocycles. The summed E-state index contributed by atoms with van der Waals surface area (Å²) in [4.78, 5) is 23.1. The molecule has 6 heteroatoms. The molecule has 0 aliphatic carbocycles. The van der Waals surface area contributed by atoms with Crippen molar-refractivity contribution >= 4 is 11.9 Å². The zero-order chi connectivity index (χ0) is 14.5. The lowest BCUT2D eigenvalue weighted by Crippen LogP contribution is -2.49. The maximum absolute atomic E-state index is 13.5. The zero-order valence-corrected chi connectivity index (χ0v) is 10.9. The largest absolute Gasteiger partial charge is 0.480 e. The average molecular weight is 280 g/mol. The molecule has 108 valence electrons. The third-order valence-corrected chi connectivity index (χ3v) is 3.37. The molecule has 0 aromatic heterocycles. The summed E-state index contributed by atoms with van der Waals surface area (Å²) < 4.78 is 13.5.